The Balaban J connectivity index is 3.14. The summed E-state index contributed by atoms with van der Waals surface area (Å²) in [6.07, 6.45) is 2.25. The van der Waals surface area contributed by atoms with Crippen molar-refractivity contribution < 1.29 is 24.7 Å². The maximum absolute atomic E-state index is 2.25. The van der Waals surface area contributed by atoms with Crippen molar-refractivity contribution in [1.29, 1.82) is 0 Å². The van der Waals surface area contributed by atoms with Gasteiger partial charge in [0.05, 0.1) is 0 Å². The normalized spacial score (nSPS) is 7.50. The van der Waals surface area contributed by atoms with Gasteiger partial charge in [0.15, 0.2) is 0 Å². The molecule has 33 valence electrons. The molecule has 0 aromatic carbocycles. The molecule has 0 aromatic heterocycles. The summed E-state index contributed by atoms with van der Waals surface area (Å²) in [5.74, 6) is 0. The second kappa shape index (κ2) is 3.80. The molecule has 0 fully saturated rings. The Bertz CT molecular complexity index is 51.0. The van der Waals surface area contributed by atoms with Gasteiger partial charge in [0, 0.05) is 0 Å². The zero-order valence-corrected chi connectivity index (χ0v) is 6.74. The van der Waals surface area contributed by atoms with E-state index >= 15 is 0 Å². The van der Waals surface area contributed by atoms with Crippen LogP contribution in [0.15, 0.2) is 11.6 Å². The molecule has 0 aliphatic heterocycles. The Labute approximate surface area is 54.5 Å². The molecule has 0 aliphatic carbocycles. The molecule has 0 unspecified atom stereocenters. The first-order valence-electron chi connectivity index (χ1n) is 2.05. The summed E-state index contributed by atoms with van der Waals surface area (Å²) < 4.78 is 1.26. The van der Waals surface area contributed by atoms with E-state index in [9.17, 15) is 0 Å². The maximum atomic E-state index is 2.25. The summed E-state index contributed by atoms with van der Waals surface area (Å²) in [6.45, 7) is 4.26. The molecule has 0 rings (SSSR count). The van der Waals surface area contributed by atoms with E-state index in [2.05, 4.69) is 19.9 Å². The van der Waals surface area contributed by atoms with Gasteiger partial charge in [-0.2, -0.15) is 0 Å². The van der Waals surface area contributed by atoms with Crippen molar-refractivity contribution in [3.63, 3.8) is 0 Å². The van der Waals surface area contributed by atoms with Gasteiger partial charge in [-0.15, -0.1) is 0 Å². The zero-order chi connectivity index (χ0) is 4.99. The Morgan fingerprint density at radius 1 is 1.67 bits per heavy atom. The van der Waals surface area contributed by atoms with Gasteiger partial charge < -0.3 is 0 Å². The van der Waals surface area contributed by atoms with E-state index in [0.29, 0.717) is 0 Å². The summed E-state index contributed by atoms with van der Waals surface area (Å²) in [4.78, 5) is 0. The summed E-state index contributed by atoms with van der Waals surface area (Å²) in [7, 11) is 0. The van der Waals surface area contributed by atoms with Gasteiger partial charge >= 0.3 is 54.3 Å². The van der Waals surface area contributed by atoms with Gasteiger partial charge in [0.25, 0.3) is 0 Å². The Hall–Kier alpha value is 0.623. The fraction of sp³-hybridized carbons (Fsp3) is 0.600. The third-order valence-electron chi connectivity index (χ3n) is 0.510. The van der Waals surface area contributed by atoms with E-state index in [1.54, 1.807) is 24.7 Å². The Morgan fingerprint density at radius 3 is 2.17 bits per heavy atom. The summed E-state index contributed by atoms with van der Waals surface area (Å²) in [5.41, 5.74) is 1.44. The molecule has 6 heavy (non-hydrogen) atoms. The Morgan fingerprint density at radius 2 is 2.17 bits per heavy atom. The van der Waals surface area contributed by atoms with Crippen LogP contribution in [0.4, 0.5) is 0 Å². The predicted molar refractivity (Wildman–Crippen MR) is 24.2 cm³/mol. The second-order valence-corrected chi connectivity index (χ2v) is 2.49. The molecule has 0 N–H and O–H groups in total. The minimum atomic E-state index is 1.26. The molecule has 0 radical (unpaired) electrons. The van der Waals surface area contributed by atoms with Crippen LogP contribution in [-0.2, 0) is 24.7 Å². The fourth-order valence-electron chi connectivity index (χ4n) is 0.204. The Kier molecular flexibility index (Phi) is 4.20. The minimum absolute atomic E-state index is 1.26. The molecular weight excluding hydrogens is 151 g/mol. The van der Waals surface area contributed by atoms with Gasteiger partial charge in [0.2, 0.25) is 0 Å². The van der Waals surface area contributed by atoms with Crippen LogP contribution in [0.5, 0.6) is 0 Å². The van der Waals surface area contributed by atoms with Crippen molar-refractivity contribution in [2.75, 3.05) is 0 Å². The monoisotopic (exact) mass is 159 g/mol. The van der Waals surface area contributed by atoms with E-state index in [4.69, 9.17) is 0 Å². The van der Waals surface area contributed by atoms with Crippen molar-refractivity contribution in [3.05, 3.63) is 11.6 Å². The number of hydrogen-bond acceptors (Lipinski definition) is 0. The van der Waals surface area contributed by atoms with Crippen molar-refractivity contribution in [3.8, 4) is 0 Å². The SMILES string of the molecule is CC(C)=C[CH2][Zr]. The third-order valence-corrected chi connectivity index (χ3v) is 1.01. The molecular formula is C5H9Zr. The molecule has 0 aromatic rings. The van der Waals surface area contributed by atoms with Crippen LogP contribution < -0.4 is 0 Å². The van der Waals surface area contributed by atoms with Gasteiger partial charge in [-0.3, -0.25) is 0 Å². The topological polar surface area (TPSA) is 0 Å². The van der Waals surface area contributed by atoms with E-state index in [0.717, 1.165) is 0 Å². The van der Waals surface area contributed by atoms with E-state index < -0.39 is 0 Å². The van der Waals surface area contributed by atoms with Gasteiger partial charge in [0.1, 0.15) is 0 Å². The van der Waals surface area contributed by atoms with Gasteiger partial charge in [-0.1, -0.05) is 0 Å². The number of allylic oxidation sites excluding steroid dienone is 2. The van der Waals surface area contributed by atoms with E-state index in [1.807, 2.05) is 0 Å². The standard InChI is InChI=1S/C5H9.Zr/c1-4-5(2)3;/h4H,1H2,2-3H3;. The van der Waals surface area contributed by atoms with E-state index in [1.165, 1.54) is 9.70 Å². The van der Waals surface area contributed by atoms with Crippen LogP contribution in [0.25, 0.3) is 0 Å². The van der Waals surface area contributed by atoms with Crippen molar-refractivity contribution in [2.45, 2.75) is 18.0 Å². The van der Waals surface area contributed by atoms with Crippen LogP contribution in [0, 0.1) is 0 Å². The molecule has 0 saturated carbocycles. The van der Waals surface area contributed by atoms with Crippen LogP contribution in [0.3, 0.4) is 0 Å². The molecule has 0 heterocycles. The van der Waals surface area contributed by atoms with Crippen LogP contribution in [-0.4, -0.2) is 0 Å². The van der Waals surface area contributed by atoms with Crippen molar-refractivity contribution >= 4 is 0 Å². The predicted octanol–water partition coefficient (Wildman–Crippen LogP) is 1.92. The third kappa shape index (κ3) is 4.62. The van der Waals surface area contributed by atoms with Crippen LogP contribution in [0.1, 0.15) is 13.8 Å². The average Bonchev–Trinajstić information content (AvgIpc) is 1.35. The first-order valence-corrected chi connectivity index (χ1v) is 3.79. The summed E-state index contributed by atoms with van der Waals surface area (Å²) in [5, 5.41) is 0. The van der Waals surface area contributed by atoms with Crippen molar-refractivity contribution in [1.82, 2.24) is 0 Å². The van der Waals surface area contributed by atoms with Gasteiger partial charge in [-0.05, 0) is 0 Å². The second-order valence-electron chi connectivity index (χ2n) is 1.49. The van der Waals surface area contributed by atoms with Gasteiger partial charge in [-0.25, -0.2) is 0 Å². The van der Waals surface area contributed by atoms with Crippen LogP contribution >= 0.6 is 0 Å². The summed E-state index contributed by atoms with van der Waals surface area (Å²) in [6, 6.07) is 0. The number of rotatable bonds is 1. The fourth-order valence-corrected chi connectivity index (χ4v) is 1.21. The quantitative estimate of drug-likeness (QED) is 0.514. The molecule has 0 aliphatic rings. The van der Waals surface area contributed by atoms with E-state index in [-0.39, 0.29) is 0 Å². The zero-order valence-electron chi connectivity index (χ0n) is 4.28. The molecule has 0 bridgehead atoms. The molecule has 0 amide bonds. The average molecular weight is 160 g/mol. The molecule has 0 nitrogen and oxygen atoms in total. The van der Waals surface area contributed by atoms with Crippen molar-refractivity contribution in [2.24, 2.45) is 0 Å². The first kappa shape index (κ1) is 6.62. The molecule has 0 spiro atoms. The summed E-state index contributed by atoms with van der Waals surface area (Å²) >= 11 is 1.60. The molecule has 1 heteroatoms. The first-order chi connectivity index (χ1) is 2.77. The van der Waals surface area contributed by atoms with Crippen LogP contribution in [0.2, 0.25) is 4.13 Å². The number of hydrogen-bond donors (Lipinski definition) is 0. The molecule has 0 saturated heterocycles. The molecule has 0 atom stereocenters.